The molecule has 0 unspecified atom stereocenters. The molecule has 1 N–H and O–H groups in total. The van der Waals surface area contributed by atoms with Crippen LogP contribution in [-0.4, -0.2) is 20.9 Å². The predicted octanol–water partition coefficient (Wildman–Crippen LogP) is 1.48. The zero-order valence-corrected chi connectivity index (χ0v) is 7.53. The van der Waals surface area contributed by atoms with Gasteiger partial charge in [-0.1, -0.05) is 6.92 Å². The predicted molar refractivity (Wildman–Crippen MR) is 46.8 cm³/mol. The van der Waals surface area contributed by atoms with E-state index in [-0.39, 0.29) is 0 Å². The van der Waals surface area contributed by atoms with Crippen molar-refractivity contribution in [1.82, 2.24) is 9.78 Å². The molecule has 0 atom stereocenters. The Kier molecular flexibility index (Phi) is 1.83. The Labute approximate surface area is 76.2 Å². The van der Waals surface area contributed by atoms with E-state index in [4.69, 9.17) is 5.11 Å². The molecule has 1 saturated carbocycles. The van der Waals surface area contributed by atoms with E-state index < -0.39 is 5.97 Å². The van der Waals surface area contributed by atoms with Crippen LogP contribution in [0.2, 0.25) is 0 Å². The van der Waals surface area contributed by atoms with E-state index in [1.165, 1.54) is 0 Å². The van der Waals surface area contributed by atoms with Gasteiger partial charge < -0.3 is 5.11 Å². The van der Waals surface area contributed by atoms with Crippen LogP contribution in [0.4, 0.5) is 0 Å². The molecule has 4 nitrogen and oxygen atoms in total. The Morgan fingerprint density at radius 2 is 2.46 bits per heavy atom. The standard InChI is InChI=1S/C9H12N2O2/c1-2-8-7(9(12)13)5-11(10-8)6-3-4-6/h5-6H,2-4H2,1H3,(H,12,13). The summed E-state index contributed by atoms with van der Waals surface area (Å²) in [6, 6.07) is 0.457. The molecule has 1 aromatic rings. The van der Waals surface area contributed by atoms with Gasteiger partial charge in [0, 0.05) is 6.20 Å². The smallest absolute Gasteiger partial charge is 0.339 e. The minimum absolute atomic E-state index is 0.356. The SMILES string of the molecule is CCc1nn(C2CC2)cc1C(=O)O. The molecular formula is C9H12N2O2. The fourth-order valence-electron chi connectivity index (χ4n) is 1.39. The summed E-state index contributed by atoms with van der Waals surface area (Å²) in [5.74, 6) is -0.872. The summed E-state index contributed by atoms with van der Waals surface area (Å²) < 4.78 is 1.79. The first-order valence-corrected chi connectivity index (χ1v) is 4.53. The molecule has 70 valence electrons. The highest BCUT2D eigenvalue weighted by molar-refractivity contribution is 5.88. The molecule has 1 aromatic heterocycles. The zero-order chi connectivity index (χ0) is 9.42. The van der Waals surface area contributed by atoms with E-state index in [1.807, 2.05) is 6.92 Å². The van der Waals surface area contributed by atoms with Gasteiger partial charge in [-0.25, -0.2) is 4.79 Å². The quantitative estimate of drug-likeness (QED) is 0.766. The number of aryl methyl sites for hydroxylation is 1. The molecule has 1 aliphatic rings. The second kappa shape index (κ2) is 2.87. The van der Waals surface area contributed by atoms with Crippen LogP contribution in [0.15, 0.2) is 6.20 Å². The molecule has 13 heavy (non-hydrogen) atoms. The van der Waals surface area contributed by atoms with Gasteiger partial charge in [-0.2, -0.15) is 5.10 Å². The number of hydrogen-bond acceptors (Lipinski definition) is 2. The number of carbonyl (C=O) groups is 1. The van der Waals surface area contributed by atoms with Crippen molar-refractivity contribution in [2.24, 2.45) is 0 Å². The number of carboxylic acids is 1. The third-order valence-electron chi connectivity index (χ3n) is 2.29. The van der Waals surface area contributed by atoms with E-state index in [1.54, 1.807) is 10.9 Å². The van der Waals surface area contributed by atoms with Crippen molar-refractivity contribution in [2.45, 2.75) is 32.2 Å². The Morgan fingerprint density at radius 1 is 1.77 bits per heavy atom. The van der Waals surface area contributed by atoms with Crippen LogP contribution in [0.3, 0.4) is 0 Å². The Morgan fingerprint density at radius 3 is 2.85 bits per heavy atom. The minimum Gasteiger partial charge on any atom is -0.478 e. The maximum absolute atomic E-state index is 10.8. The molecule has 1 aliphatic carbocycles. The van der Waals surface area contributed by atoms with Gasteiger partial charge in [0.05, 0.1) is 11.7 Å². The molecule has 0 aliphatic heterocycles. The molecule has 4 heteroatoms. The summed E-state index contributed by atoms with van der Waals surface area (Å²) in [7, 11) is 0. The maximum Gasteiger partial charge on any atom is 0.339 e. The lowest BCUT2D eigenvalue weighted by Crippen LogP contribution is -1.98. The first kappa shape index (κ1) is 8.29. The van der Waals surface area contributed by atoms with Gasteiger partial charge in [0.1, 0.15) is 5.56 Å². The summed E-state index contributed by atoms with van der Waals surface area (Å²) in [4.78, 5) is 10.8. The first-order chi connectivity index (χ1) is 6.22. The van der Waals surface area contributed by atoms with E-state index in [0.717, 1.165) is 12.8 Å². The average Bonchev–Trinajstić information content (AvgIpc) is 2.84. The number of hydrogen-bond donors (Lipinski definition) is 1. The van der Waals surface area contributed by atoms with Gasteiger partial charge in [-0.3, -0.25) is 4.68 Å². The first-order valence-electron chi connectivity index (χ1n) is 4.53. The number of nitrogens with zero attached hydrogens (tertiary/aromatic N) is 2. The summed E-state index contributed by atoms with van der Waals surface area (Å²) in [6.07, 6.45) is 4.59. The summed E-state index contributed by atoms with van der Waals surface area (Å²) in [5, 5.41) is 13.1. The maximum atomic E-state index is 10.8. The fourth-order valence-corrected chi connectivity index (χ4v) is 1.39. The molecule has 0 radical (unpaired) electrons. The molecule has 2 rings (SSSR count). The second-order valence-electron chi connectivity index (χ2n) is 3.36. The lowest BCUT2D eigenvalue weighted by Gasteiger charge is -1.93. The summed E-state index contributed by atoms with van der Waals surface area (Å²) >= 11 is 0. The van der Waals surface area contributed by atoms with Crippen LogP contribution in [0.1, 0.15) is 41.9 Å². The number of carboxylic acid groups (broad SMARTS) is 1. The molecule has 0 bridgehead atoms. The van der Waals surface area contributed by atoms with E-state index in [2.05, 4.69) is 5.10 Å². The third-order valence-corrected chi connectivity index (χ3v) is 2.29. The summed E-state index contributed by atoms with van der Waals surface area (Å²) in [5.41, 5.74) is 1.05. The van der Waals surface area contributed by atoms with Crippen LogP contribution >= 0.6 is 0 Å². The van der Waals surface area contributed by atoms with Crippen molar-refractivity contribution in [3.05, 3.63) is 17.5 Å². The highest BCUT2D eigenvalue weighted by Crippen LogP contribution is 2.34. The average molecular weight is 180 g/mol. The van der Waals surface area contributed by atoms with Crippen molar-refractivity contribution in [1.29, 1.82) is 0 Å². The largest absolute Gasteiger partial charge is 0.478 e. The van der Waals surface area contributed by atoms with Crippen molar-refractivity contribution in [3.63, 3.8) is 0 Å². The van der Waals surface area contributed by atoms with E-state index >= 15 is 0 Å². The number of aromatic carboxylic acids is 1. The molecule has 0 spiro atoms. The van der Waals surface area contributed by atoms with Gasteiger partial charge >= 0.3 is 5.97 Å². The lowest BCUT2D eigenvalue weighted by atomic mass is 10.2. The van der Waals surface area contributed by atoms with Gasteiger partial charge in [0.2, 0.25) is 0 Å². The van der Waals surface area contributed by atoms with Crippen LogP contribution in [-0.2, 0) is 6.42 Å². The second-order valence-corrected chi connectivity index (χ2v) is 3.36. The Bertz CT molecular complexity index is 339. The molecule has 0 aromatic carbocycles. The number of aromatic nitrogens is 2. The molecule has 1 heterocycles. The summed E-state index contributed by atoms with van der Waals surface area (Å²) in [6.45, 7) is 1.92. The Hall–Kier alpha value is -1.32. The molecular weight excluding hydrogens is 168 g/mol. The minimum atomic E-state index is -0.872. The van der Waals surface area contributed by atoms with E-state index in [9.17, 15) is 4.79 Å². The van der Waals surface area contributed by atoms with Crippen molar-refractivity contribution < 1.29 is 9.90 Å². The van der Waals surface area contributed by atoms with Gasteiger partial charge in [-0.15, -0.1) is 0 Å². The monoisotopic (exact) mass is 180 g/mol. The highest BCUT2D eigenvalue weighted by Gasteiger charge is 2.26. The van der Waals surface area contributed by atoms with Crippen LogP contribution < -0.4 is 0 Å². The van der Waals surface area contributed by atoms with Crippen LogP contribution in [0.25, 0.3) is 0 Å². The van der Waals surface area contributed by atoms with E-state index in [0.29, 0.717) is 23.7 Å². The van der Waals surface area contributed by atoms with Gasteiger partial charge in [0.15, 0.2) is 0 Å². The van der Waals surface area contributed by atoms with Crippen molar-refractivity contribution in [2.75, 3.05) is 0 Å². The normalized spacial score (nSPS) is 16.1. The van der Waals surface area contributed by atoms with Gasteiger partial charge in [-0.05, 0) is 19.3 Å². The third kappa shape index (κ3) is 1.43. The molecule has 0 amide bonds. The molecule has 0 saturated heterocycles. The van der Waals surface area contributed by atoms with Crippen molar-refractivity contribution in [3.8, 4) is 0 Å². The van der Waals surface area contributed by atoms with Crippen molar-refractivity contribution >= 4 is 5.97 Å². The molecule has 1 fully saturated rings. The van der Waals surface area contributed by atoms with Crippen LogP contribution in [0.5, 0.6) is 0 Å². The number of rotatable bonds is 3. The highest BCUT2D eigenvalue weighted by atomic mass is 16.4. The Balaban J connectivity index is 2.36. The zero-order valence-electron chi connectivity index (χ0n) is 7.53. The van der Waals surface area contributed by atoms with Crippen LogP contribution in [0, 0.1) is 0 Å². The lowest BCUT2D eigenvalue weighted by molar-refractivity contribution is 0.0695. The fraction of sp³-hybridized carbons (Fsp3) is 0.556. The van der Waals surface area contributed by atoms with Gasteiger partial charge in [0.25, 0.3) is 0 Å². The topological polar surface area (TPSA) is 55.1 Å².